The van der Waals surface area contributed by atoms with Crippen LogP contribution in [-0.4, -0.2) is 33.0 Å². The third-order valence-corrected chi connectivity index (χ3v) is 3.16. The molecule has 108 valence electrons. The van der Waals surface area contributed by atoms with Gasteiger partial charge in [-0.15, -0.1) is 0 Å². The van der Waals surface area contributed by atoms with Crippen molar-refractivity contribution < 1.29 is 9.90 Å². The van der Waals surface area contributed by atoms with Crippen molar-refractivity contribution in [3.63, 3.8) is 0 Å². The number of nitrogens with zero attached hydrogens (tertiary/aromatic N) is 2. The number of amides is 1. The topological polar surface area (TPSA) is 66.6 Å². The lowest BCUT2D eigenvalue weighted by Crippen LogP contribution is -2.31. The number of rotatable bonds is 3. The molecule has 2 N–H and O–H groups in total. The van der Waals surface area contributed by atoms with E-state index in [9.17, 15) is 9.90 Å². The molecular weight excluding hydrogens is 254 g/mol. The maximum atomic E-state index is 12.1. The van der Waals surface area contributed by atoms with Crippen LogP contribution in [0.25, 0.3) is 5.65 Å². The Morgan fingerprint density at radius 1 is 1.45 bits per heavy atom. The van der Waals surface area contributed by atoms with Crippen LogP contribution >= 0.6 is 0 Å². The second kappa shape index (κ2) is 5.25. The number of aromatic nitrogens is 2. The van der Waals surface area contributed by atoms with Gasteiger partial charge in [-0.05, 0) is 24.0 Å². The maximum Gasteiger partial charge on any atom is 0.270 e. The summed E-state index contributed by atoms with van der Waals surface area (Å²) in [4.78, 5) is 16.3. The van der Waals surface area contributed by atoms with Gasteiger partial charge in [0.25, 0.3) is 5.91 Å². The van der Waals surface area contributed by atoms with E-state index in [2.05, 4.69) is 31.1 Å². The Balaban J connectivity index is 2.37. The first kappa shape index (κ1) is 14.5. The number of hydrogen-bond donors (Lipinski definition) is 2. The lowest BCUT2D eigenvalue weighted by molar-refractivity contribution is 0.0918. The molecule has 5 heteroatoms. The third-order valence-electron chi connectivity index (χ3n) is 3.16. The summed E-state index contributed by atoms with van der Waals surface area (Å²) in [5.41, 5.74) is 2.35. The lowest BCUT2D eigenvalue weighted by Gasteiger charge is -2.19. The van der Waals surface area contributed by atoms with Crippen LogP contribution in [0.4, 0.5) is 0 Å². The first-order valence-electron chi connectivity index (χ1n) is 6.73. The molecule has 20 heavy (non-hydrogen) atoms. The van der Waals surface area contributed by atoms with Crippen LogP contribution < -0.4 is 5.32 Å². The number of imidazole rings is 1. The van der Waals surface area contributed by atoms with E-state index in [4.69, 9.17) is 0 Å². The van der Waals surface area contributed by atoms with Crippen molar-refractivity contribution in [1.82, 2.24) is 14.7 Å². The molecule has 0 bridgehead atoms. The van der Waals surface area contributed by atoms with Crippen molar-refractivity contribution >= 4 is 11.6 Å². The van der Waals surface area contributed by atoms with Gasteiger partial charge in [-0.1, -0.05) is 26.8 Å². The molecule has 0 spiro atoms. The Morgan fingerprint density at radius 3 is 2.75 bits per heavy atom. The normalized spacial score (nSPS) is 13.4. The van der Waals surface area contributed by atoms with Crippen LogP contribution in [0, 0.1) is 0 Å². The molecule has 1 atom stereocenters. The van der Waals surface area contributed by atoms with E-state index in [1.807, 2.05) is 18.3 Å². The van der Waals surface area contributed by atoms with Gasteiger partial charge in [0, 0.05) is 12.7 Å². The number of carbonyl (C=O) groups excluding carboxylic acids is 1. The highest BCUT2D eigenvalue weighted by Crippen LogP contribution is 2.22. The summed E-state index contributed by atoms with van der Waals surface area (Å²) in [7, 11) is 0. The molecule has 1 unspecified atom stereocenters. The number of aliphatic hydroxyl groups excluding tert-OH is 1. The third kappa shape index (κ3) is 2.99. The smallest absolute Gasteiger partial charge is 0.270 e. The summed E-state index contributed by atoms with van der Waals surface area (Å²) in [6.45, 7) is 8.23. The molecule has 0 aliphatic carbocycles. The highest BCUT2D eigenvalue weighted by atomic mass is 16.3. The van der Waals surface area contributed by atoms with Gasteiger partial charge in [0.2, 0.25) is 0 Å². The molecule has 0 saturated heterocycles. The van der Waals surface area contributed by atoms with E-state index in [-0.39, 0.29) is 17.9 Å². The largest absolute Gasteiger partial charge is 0.392 e. The monoisotopic (exact) mass is 275 g/mol. The van der Waals surface area contributed by atoms with Gasteiger partial charge in [0.15, 0.2) is 0 Å². The average molecular weight is 275 g/mol. The zero-order valence-electron chi connectivity index (χ0n) is 12.3. The van der Waals surface area contributed by atoms with Crippen LogP contribution in [0.5, 0.6) is 0 Å². The molecule has 0 aliphatic rings. The molecule has 2 heterocycles. The molecule has 0 aliphatic heterocycles. The molecule has 5 nitrogen and oxygen atoms in total. The Labute approximate surface area is 118 Å². The number of pyridine rings is 1. The predicted molar refractivity (Wildman–Crippen MR) is 77.9 cm³/mol. The maximum absolute atomic E-state index is 12.1. The van der Waals surface area contributed by atoms with Crippen molar-refractivity contribution in [2.75, 3.05) is 6.54 Å². The summed E-state index contributed by atoms with van der Waals surface area (Å²) in [5.74, 6) is -0.232. The van der Waals surface area contributed by atoms with E-state index < -0.39 is 6.10 Å². The first-order chi connectivity index (χ1) is 9.29. The van der Waals surface area contributed by atoms with Crippen LogP contribution in [0.1, 0.15) is 43.7 Å². The molecule has 0 saturated carbocycles. The number of nitrogens with one attached hydrogen (secondary N) is 1. The second-order valence-corrected chi connectivity index (χ2v) is 6.10. The standard InChI is InChI=1S/C15H21N3O2/c1-10(19)7-17-14(20)12-8-16-13-6-5-11(9-18(12)13)15(2,3)4/h5-6,8-10,19H,7H2,1-4H3,(H,17,20). The highest BCUT2D eigenvalue weighted by Gasteiger charge is 2.17. The Kier molecular flexibility index (Phi) is 3.81. The molecule has 1 amide bonds. The second-order valence-electron chi connectivity index (χ2n) is 6.10. The molecular formula is C15H21N3O2. The van der Waals surface area contributed by atoms with E-state index in [0.29, 0.717) is 5.69 Å². The molecule has 2 rings (SSSR count). The van der Waals surface area contributed by atoms with Crippen LogP contribution in [0.2, 0.25) is 0 Å². The number of hydrogen-bond acceptors (Lipinski definition) is 3. The number of aliphatic hydroxyl groups is 1. The summed E-state index contributed by atoms with van der Waals surface area (Å²) in [6, 6.07) is 3.94. The van der Waals surface area contributed by atoms with Crippen molar-refractivity contribution in [2.45, 2.75) is 39.2 Å². The van der Waals surface area contributed by atoms with Gasteiger partial charge in [-0.2, -0.15) is 0 Å². The van der Waals surface area contributed by atoms with E-state index in [0.717, 1.165) is 11.2 Å². The lowest BCUT2D eigenvalue weighted by atomic mass is 9.88. The Morgan fingerprint density at radius 2 is 2.15 bits per heavy atom. The molecule has 2 aromatic rings. The minimum absolute atomic E-state index is 0.00577. The number of fused-ring (bicyclic) bond motifs is 1. The fraction of sp³-hybridized carbons (Fsp3) is 0.467. The van der Waals surface area contributed by atoms with Gasteiger partial charge >= 0.3 is 0 Å². The van der Waals surface area contributed by atoms with Gasteiger partial charge in [0.05, 0.1) is 12.3 Å². The molecule has 2 aromatic heterocycles. The Bertz CT molecular complexity index is 624. The summed E-state index contributed by atoms with van der Waals surface area (Å²) < 4.78 is 1.79. The fourth-order valence-corrected chi connectivity index (χ4v) is 1.92. The first-order valence-corrected chi connectivity index (χ1v) is 6.73. The van der Waals surface area contributed by atoms with E-state index in [1.165, 1.54) is 0 Å². The SMILES string of the molecule is CC(O)CNC(=O)c1cnc2ccc(C(C)(C)C)cn12. The van der Waals surface area contributed by atoms with Gasteiger partial charge in [-0.3, -0.25) is 9.20 Å². The van der Waals surface area contributed by atoms with Crippen molar-refractivity contribution in [3.05, 3.63) is 35.8 Å². The molecule has 0 aromatic carbocycles. The van der Waals surface area contributed by atoms with Gasteiger partial charge in [-0.25, -0.2) is 4.98 Å². The van der Waals surface area contributed by atoms with Crippen molar-refractivity contribution in [1.29, 1.82) is 0 Å². The van der Waals surface area contributed by atoms with Crippen molar-refractivity contribution in [3.8, 4) is 0 Å². The predicted octanol–water partition coefficient (Wildman–Crippen LogP) is 1.74. The molecule has 0 fully saturated rings. The summed E-state index contributed by atoms with van der Waals surface area (Å²) in [6.07, 6.45) is 2.93. The van der Waals surface area contributed by atoms with Crippen LogP contribution in [0.15, 0.2) is 24.5 Å². The zero-order chi connectivity index (χ0) is 14.9. The van der Waals surface area contributed by atoms with Gasteiger partial charge < -0.3 is 10.4 Å². The summed E-state index contributed by atoms with van der Waals surface area (Å²) in [5, 5.41) is 11.9. The fourth-order valence-electron chi connectivity index (χ4n) is 1.92. The molecule has 0 radical (unpaired) electrons. The minimum Gasteiger partial charge on any atom is -0.392 e. The van der Waals surface area contributed by atoms with Crippen molar-refractivity contribution in [2.24, 2.45) is 0 Å². The Hall–Kier alpha value is -1.88. The van der Waals surface area contributed by atoms with E-state index in [1.54, 1.807) is 17.5 Å². The van der Waals surface area contributed by atoms with Gasteiger partial charge in [0.1, 0.15) is 11.3 Å². The highest BCUT2D eigenvalue weighted by molar-refractivity contribution is 5.93. The zero-order valence-corrected chi connectivity index (χ0v) is 12.3. The summed E-state index contributed by atoms with van der Waals surface area (Å²) >= 11 is 0. The van der Waals surface area contributed by atoms with Crippen LogP contribution in [-0.2, 0) is 5.41 Å². The van der Waals surface area contributed by atoms with Crippen LogP contribution in [0.3, 0.4) is 0 Å². The number of carbonyl (C=O) groups is 1. The average Bonchev–Trinajstić information content (AvgIpc) is 2.77. The minimum atomic E-state index is -0.566. The quantitative estimate of drug-likeness (QED) is 0.896. The van der Waals surface area contributed by atoms with E-state index >= 15 is 0 Å².